The van der Waals surface area contributed by atoms with Crippen molar-refractivity contribution in [2.24, 2.45) is 11.8 Å². The summed E-state index contributed by atoms with van der Waals surface area (Å²) >= 11 is 0. The molecule has 3 N–H and O–H groups in total. The average molecular weight is 319 g/mol. The van der Waals surface area contributed by atoms with E-state index in [4.69, 9.17) is 0 Å². The molecule has 3 atom stereocenters. The predicted octanol–water partition coefficient (Wildman–Crippen LogP) is 2.00. The lowest BCUT2D eigenvalue weighted by atomic mass is 9.78. The number of rotatable bonds is 4. The minimum atomic E-state index is -0.250. The summed E-state index contributed by atoms with van der Waals surface area (Å²) in [4.78, 5) is 2.50. The largest absolute Gasteiger partial charge is 0.393 e. The van der Waals surface area contributed by atoms with E-state index in [1.54, 1.807) is 0 Å². The Hall–Kier alpha value is -0.940. The van der Waals surface area contributed by atoms with Crippen LogP contribution in [0.2, 0.25) is 0 Å². The van der Waals surface area contributed by atoms with Gasteiger partial charge in [-0.2, -0.15) is 0 Å². The Morgan fingerprint density at radius 3 is 2.52 bits per heavy atom. The molecule has 0 spiro atoms. The Balaban J connectivity index is 1.87. The van der Waals surface area contributed by atoms with Gasteiger partial charge in [0, 0.05) is 19.1 Å². The van der Waals surface area contributed by atoms with Crippen LogP contribution in [0.25, 0.3) is 0 Å². The average Bonchev–Trinajstić information content (AvgIpc) is 2.53. The van der Waals surface area contributed by atoms with Crippen LogP contribution in [0, 0.1) is 11.8 Å². The van der Waals surface area contributed by atoms with E-state index in [1.165, 1.54) is 11.1 Å². The van der Waals surface area contributed by atoms with E-state index in [1.807, 2.05) is 12.1 Å². The van der Waals surface area contributed by atoms with Crippen molar-refractivity contribution in [3.63, 3.8) is 0 Å². The topological polar surface area (TPSA) is 63.9 Å². The van der Waals surface area contributed by atoms with Crippen molar-refractivity contribution >= 4 is 0 Å². The van der Waals surface area contributed by atoms with Crippen molar-refractivity contribution in [1.82, 2.24) is 4.90 Å². The standard InChI is InChI=1S/C19H29NO3/c1-12(2)5-14-9-20-4-3-13-6-15(10-21)16(11-22)7-17(13)18(20)8-19(14)23/h6-7,12,14,18-19,21-23H,3-5,8-11H2,1-2H3/t14-,18+,19+/m0/s1. The van der Waals surface area contributed by atoms with Gasteiger partial charge < -0.3 is 15.3 Å². The summed E-state index contributed by atoms with van der Waals surface area (Å²) in [6.45, 7) is 6.33. The lowest BCUT2D eigenvalue weighted by Gasteiger charge is -2.46. The number of fused-ring (bicyclic) bond motifs is 3. The third kappa shape index (κ3) is 3.31. The minimum absolute atomic E-state index is 0.0311. The molecule has 0 unspecified atom stereocenters. The van der Waals surface area contributed by atoms with Crippen molar-refractivity contribution in [2.45, 2.75) is 58.5 Å². The Bertz CT molecular complexity index is 558. The lowest BCUT2D eigenvalue weighted by molar-refractivity contribution is -0.0191. The Labute approximate surface area is 138 Å². The van der Waals surface area contributed by atoms with Crippen LogP contribution in [0.3, 0.4) is 0 Å². The molecule has 0 bridgehead atoms. The molecule has 4 nitrogen and oxygen atoms in total. The second kappa shape index (κ2) is 6.89. The van der Waals surface area contributed by atoms with Crippen LogP contribution in [-0.2, 0) is 19.6 Å². The first-order chi connectivity index (χ1) is 11.0. The molecule has 23 heavy (non-hydrogen) atoms. The second-order valence-electron chi connectivity index (χ2n) is 7.59. The van der Waals surface area contributed by atoms with Gasteiger partial charge >= 0.3 is 0 Å². The van der Waals surface area contributed by atoms with E-state index in [-0.39, 0.29) is 25.4 Å². The number of aliphatic hydroxyl groups excluding tert-OH is 3. The highest BCUT2D eigenvalue weighted by atomic mass is 16.3. The molecule has 2 heterocycles. The van der Waals surface area contributed by atoms with E-state index in [0.717, 1.165) is 43.5 Å². The summed E-state index contributed by atoms with van der Waals surface area (Å²) < 4.78 is 0. The van der Waals surface area contributed by atoms with Crippen LogP contribution in [0.1, 0.15) is 55.0 Å². The quantitative estimate of drug-likeness (QED) is 0.794. The van der Waals surface area contributed by atoms with Gasteiger partial charge in [-0.1, -0.05) is 26.0 Å². The van der Waals surface area contributed by atoms with E-state index in [2.05, 4.69) is 18.7 Å². The number of hydrogen-bond acceptors (Lipinski definition) is 4. The van der Waals surface area contributed by atoms with Gasteiger partial charge in [-0.05, 0) is 53.4 Å². The molecule has 1 fully saturated rings. The molecule has 0 amide bonds. The molecule has 0 saturated carbocycles. The highest BCUT2D eigenvalue weighted by molar-refractivity contribution is 5.41. The summed E-state index contributed by atoms with van der Waals surface area (Å²) in [5.41, 5.74) is 4.14. The molecule has 0 aromatic heterocycles. The third-order valence-electron chi connectivity index (χ3n) is 5.52. The molecule has 3 rings (SSSR count). The summed E-state index contributed by atoms with van der Waals surface area (Å²) in [6, 6.07) is 4.34. The number of hydrogen-bond donors (Lipinski definition) is 3. The molecule has 2 aliphatic heterocycles. The van der Waals surface area contributed by atoms with Crippen molar-refractivity contribution in [1.29, 1.82) is 0 Å². The highest BCUT2D eigenvalue weighted by Gasteiger charge is 2.38. The van der Waals surface area contributed by atoms with Crippen molar-refractivity contribution in [2.75, 3.05) is 13.1 Å². The molecule has 0 aliphatic carbocycles. The molecular weight excluding hydrogens is 290 g/mol. The van der Waals surface area contributed by atoms with Crippen LogP contribution in [0.15, 0.2) is 12.1 Å². The Kier molecular flexibility index (Phi) is 5.07. The smallest absolute Gasteiger partial charge is 0.0685 e. The molecule has 128 valence electrons. The van der Waals surface area contributed by atoms with E-state index >= 15 is 0 Å². The normalized spacial score (nSPS) is 27.8. The minimum Gasteiger partial charge on any atom is -0.393 e. The van der Waals surface area contributed by atoms with Gasteiger partial charge in [0.25, 0.3) is 0 Å². The number of benzene rings is 1. The van der Waals surface area contributed by atoms with Crippen LogP contribution in [0.5, 0.6) is 0 Å². The van der Waals surface area contributed by atoms with Crippen LogP contribution in [-0.4, -0.2) is 39.4 Å². The molecule has 0 radical (unpaired) electrons. The third-order valence-corrected chi connectivity index (χ3v) is 5.52. The van der Waals surface area contributed by atoms with Gasteiger partial charge in [0.15, 0.2) is 0 Å². The first kappa shape index (κ1) is 16.9. The summed E-state index contributed by atoms with van der Waals surface area (Å²) in [5, 5.41) is 29.6. The van der Waals surface area contributed by atoms with E-state index < -0.39 is 0 Å². The summed E-state index contributed by atoms with van der Waals surface area (Å²) in [6.07, 6.45) is 2.57. The lowest BCUT2D eigenvalue weighted by Crippen LogP contribution is -2.48. The zero-order valence-corrected chi connectivity index (χ0v) is 14.2. The van der Waals surface area contributed by atoms with Gasteiger partial charge in [-0.15, -0.1) is 0 Å². The van der Waals surface area contributed by atoms with Crippen molar-refractivity contribution in [3.8, 4) is 0 Å². The van der Waals surface area contributed by atoms with Crippen LogP contribution >= 0.6 is 0 Å². The number of aliphatic hydroxyl groups is 3. The fourth-order valence-corrected chi connectivity index (χ4v) is 4.37. The van der Waals surface area contributed by atoms with E-state index in [9.17, 15) is 15.3 Å². The molecule has 4 heteroatoms. The van der Waals surface area contributed by atoms with Gasteiger partial charge in [0.05, 0.1) is 19.3 Å². The first-order valence-corrected chi connectivity index (χ1v) is 8.81. The molecule has 1 saturated heterocycles. The van der Waals surface area contributed by atoms with Gasteiger partial charge in [-0.3, -0.25) is 4.90 Å². The summed E-state index contributed by atoms with van der Waals surface area (Å²) in [7, 11) is 0. The first-order valence-electron chi connectivity index (χ1n) is 8.81. The maximum Gasteiger partial charge on any atom is 0.0685 e. The predicted molar refractivity (Wildman–Crippen MR) is 89.9 cm³/mol. The highest BCUT2D eigenvalue weighted by Crippen LogP contribution is 2.40. The Morgan fingerprint density at radius 1 is 1.17 bits per heavy atom. The molecule has 2 aliphatic rings. The van der Waals surface area contributed by atoms with Crippen molar-refractivity contribution in [3.05, 3.63) is 34.4 Å². The number of piperidine rings is 1. The maximum atomic E-state index is 10.6. The Morgan fingerprint density at radius 2 is 1.87 bits per heavy atom. The maximum absolute atomic E-state index is 10.6. The van der Waals surface area contributed by atoms with Crippen LogP contribution in [0.4, 0.5) is 0 Å². The van der Waals surface area contributed by atoms with Gasteiger partial charge in [0.2, 0.25) is 0 Å². The zero-order chi connectivity index (χ0) is 16.6. The molecular formula is C19H29NO3. The zero-order valence-electron chi connectivity index (χ0n) is 14.2. The van der Waals surface area contributed by atoms with Crippen molar-refractivity contribution < 1.29 is 15.3 Å². The SMILES string of the molecule is CC(C)C[C@H]1CN2CCc3cc(CO)c(CO)cc3[C@H]2C[C@H]1O. The van der Waals surface area contributed by atoms with Gasteiger partial charge in [0.1, 0.15) is 0 Å². The van der Waals surface area contributed by atoms with E-state index in [0.29, 0.717) is 11.8 Å². The summed E-state index contributed by atoms with van der Waals surface area (Å²) in [5.74, 6) is 0.971. The fraction of sp³-hybridized carbons (Fsp3) is 0.684. The number of nitrogens with zero attached hydrogens (tertiary/aromatic N) is 1. The second-order valence-corrected chi connectivity index (χ2v) is 7.59. The molecule has 1 aromatic rings. The fourth-order valence-electron chi connectivity index (χ4n) is 4.37. The molecule has 1 aromatic carbocycles. The monoisotopic (exact) mass is 319 g/mol. The van der Waals surface area contributed by atoms with Crippen LogP contribution < -0.4 is 0 Å². The van der Waals surface area contributed by atoms with Gasteiger partial charge in [-0.25, -0.2) is 0 Å².